The summed E-state index contributed by atoms with van der Waals surface area (Å²) in [6.07, 6.45) is 0.275. The van der Waals surface area contributed by atoms with Gasteiger partial charge >= 0.3 is 0 Å². The van der Waals surface area contributed by atoms with Crippen LogP contribution in [0, 0.1) is 6.92 Å². The van der Waals surface area contributed by atoms with Gasteiger partial charge in [-0.1, -0.05) is 60.1 Å². The molecule has 0 aliphatic heterocycles. The number of halogens is 1. The van der Waals surface area contributed by atoms with E-state index in [1.54, 1.807) is 16.9 Å². The number of aryl methyl sites for hydroxylation is 1. The number of carbonyl (C=O) groups is 1. The lowest BCUT2D eigenvalue weighted by molar-refractivity contribution is -0.115. The third-order valence-corrected chi connectivity index (χ3v) is 5.51. The maximum absolute atomic E-state index is 12.5. The summed E-state index contributed by atoms with van der Waals surface area (Å²) in [5.74, 6) is -0.0915. The van der Waals surface area contributed by atoms with Gasteiger partial charge in [-0.25, -0.2) is 0 Å². The third-order valence-electron chi connectivity index (χ3n) is 5.26. The number of fused-ring (bicyclic) bond motifs is 2. The van der Waals surface area contributed by atoms with Gasteiger partial charge in [0, 0.05) is 16.1 Å². The molecule has 0 saturated heterocycles. The van der Waals surface area contributed by atoms with Crippen molar-refractivity contribution in [1.82, 2.24) is 15.0 Å². The highest BCUT2D eigenvalue weighted by molar-refractivity contribution is 6.30. The molecule has 0 bridgehead atoms. The molecule has 6 heteroatoms. The molecule has 1 amide bonds. The van der Waals surface area contributed by atoms with E-state index in [0.29, 0.717) is 5.02 Å². The number of nitrogens with one attached hydrogen (secondary N) is 1. The summed E-state index contributed by atoms with van der Waals surface area (Å²) in [6.45, 7) is 1.95. The number of anilines is 1. The Morgan fingerprint density at radius 3 is 2.45 bits per heavy atom. The summed E-state index contributed by atoms with van der Waals surface area (Å²) in [4.78, 5) is 14.2. The minimum Gasteiger partial charge on any atom is -0.325 e. The normalized spacial score (nSPS) is 11.2. The van der Waals surface area contributed by atoms with Gasteiger partial charge in [0.15, 0.2) is 0 Å². The van der Waals surface area contributed by atoms with E-state index < -0.39 is 0 Å². The van der Waals surface area contributed by atoms with Gasteiger partial charge in [0.05, 0.1) is 12.1 Å². The van der Waals surface area contributed by atoms with Gasteiger partial charge in [-0.3, -0.25) is 4.79 Å². The highest BCUT2D eigenvalue weighted by atomic mass is 35.5. The van der Waals surface area contributed by atoms with E-state index in [1.807, 2.05) is 55.5 Å². The summed E-state index contributed by atoms with van der Waals surface area (Å²) < 4.78 is 0. The van der Waals surface area contributed by atoms with Gasteiger partial charge in [0.1, 0.15) is 11.0 Å². The molecule has 0 saturated carbocycles. The van der Waals surface area contributed by atoms with E-state index in [2.05, 4.69) is 33.7 Å². The molecule has 4 aromatic carbocycles. The second-order valence-electron chi connectivity index (χ2n) is 7.49. The maximum Gasteiger partial charge on any atom is 0.228 e. The predicted molar refractivity (Wildman–Crippen MR) is 125 cm³/mol. The predicted octanol–water partition coefficient (Wildman–Crippen LogP) is 5.72. The zero-order valence-electron chi connectivity index (χ0n) is 16.8. The molecule has 0 fully saturated rings. The second-order valence-corrected chi connectivity index (χ2v) is 7.93. The quantitative estimate of drug-likeness (QED) is 0.400. The highest BCUT2D eigenvalue weighted by Gasteiger charge is 2.12. The van der Waals surface area contributed by atoms with Crippen LogP contribution in [-0.4, -0.2) is 20.9 Å². The monoisotopic (exact) mass is 426 g/mol. The molecule has 31 heavy (non-hydrogen) atoms. The van der Waals surface area contributed by atoms with E-state index in [9.17, 15) is 4.79 Å². The van der Waals surface area contributed by atoms with Crippen molar-refractivity contribution in [2.75, 3.05) is 5.32 Å². The minimum absolute atomic E-state index is 0.0915. The molecule has 0 aliphatic carbocycles. The van der Waals surface area contributed by atoms with Crippen LogP contribution < -0.4 is 5.32 Å². The van der Waals surface area contributed by atoms with Crippen LogP contribution in [0.4, 0.5) is 5.69 Å². The number of rotatable bonds is 4. The standard InChI is InChI=1S/C25H19ClN4O/c1-16-13-22-23(15-21(16)27-25(31)14-17-9-11-19(26)12-10-17)29-30(28-22)24-8-4-6-18-5-2-3-7-20(18)24/h2-13,15H,14H2,1H3,(H,27,31). The van der Waals surface area contributed by atoms with Crippen LogP contribution in [0.15, 0.2) is 78.9 Å². The van der Waals surface area contributed by atoms with Crippen molar-refractivity contribution in [3.05, 3.63) is 95.0 Å². The van der Waals surface area contributed by atoms with Crippen molar-refractivity contribution in [2.45, 2.75) is 13.3 Å². The Hall–Kier alpha value is -3.70. The average molecular weight is 427 g/mol. The minimum atomic E-state index is -0.0915. The third kappa shape index (κ3) is 3.88. The molecule has 0 atom stereocenters. The lowest BCUT2D eigenvalue weighted by atomic mass is 10.1. The van der Waals surface area contributed by atoms with Crippen molar-refractivity contribution < 1.29 is 4.79 Å². The van der Waals surface area contributed by atoms with Crippen LogP contribution in [0.3, 0.4) is 0 Å². The van der Waals surface area contributed by atoms with Crippen molar-refractivity contribution in [3.8, 4) is 5.69 Å². The van der Waals surface area contributed by atoms with E-state index in [-0.39, 0.29) is 12.3 Å². The van der Waals surface area contributed by atoms with Crippen molar-refractivity contribution in [3.63, 3.8) is 0 Å². The molecule has 0 unspecified atom stereocenters. The smallest absolute Gasteiger partial charge is 0.228 e. The van der Waals surface area contributed by atoms with Crippen molar-refractivity contribution >= 4 is 45.0 Å². The summed E-state index contributed by atoms with van der Waals surface area (Å²) in [7, 11) is 0. The molecule has 1 heterocycles. The molecule has 1 aromatic heterocycles. The molecule has 152 valence electrons. The van der Waals surface area contributed by atoms with Crippen LogP contribution in [0.2, 0.25) is 5.02 Å². The van der Waals surface area contributed by atoms with Gasteiger partial charge in [-0.15, -0.1) is 15.0 Å². The van der Waals surface area contributed by atoms with Crippen molar-refractivity contribution in [1.29, 1.82) is 0 Å². The van der Waals surface area contributed by atoms with E-state index in [1.165, 1.54) is 0 Å². The summed E-state index contributed by atoms with van der Waals surface area (Å²) in [5.41, 5.74) is 4.99. The fourth-order valence-electron chi connectivity index (χ4n) is 3.68. The molecular weight excluding hydrogens is 408 g/mol. The topological polar surface area (TPSA) is 59.8 Å². The molecule has 5 aromatic rings. The highest BCUT2D eigenvalue weighted by Crippen LogP contribution is 2.25. The van der Waals surface area contributed by atoms with E-state index in [0.717, 1.165) is 44.3 Å². The van der Waals surface area contributed by atoms with E-state index in [4.69, 9.17) is 11.6 Å². The summed E-state index contributed by atoms with van der Waals surface area (Å²) in [5, 5.41) is 15.2. The largest absolute Gasteiger partial charge is 0.325 e. The Balaban J connectivity index is 1.45. The SMILES string of the molecule is Cc1cc2nn(-c3cccc4ccccc34)nc2cc1NC(=O)Cc1ccc(Cl)cc1. The van der Waals surface area contributed by atoms with Crippen LogP contribution in [0.5, 0.6) is 0 Å². The summed E-state index contributed by atoms with van der Waals surface area (Å²) in [6, 6.07) is 25.3. The second kappa shape index (κ2) is 7.85. The Bertz CT molecular complexity index is 1420. The molecule has 0 aliphatic rings. The van der Waals surface area contributed by atoms with Gasteiger partial charge in [0.25, 0.3) is 0 Å². The number of amides is 1. The van der Waals surface area contributed by atoms with Gasteiger partial charge < -0.3 is 5.32 Å². The number of aromatic nitrogens is 3. The van der Waals surface area contributed by atoms with Crippen LogP contribution in [0.1, 0.15) is 11.1 Å². The fourth-order valence-corrected chi connectivity index (χ4v) is 3.80. The van der Waals surface area contributed by atoms with Crippen LogP contribution in [0.25, 0.3) is 27.5 Å². The zero-order chi connectivity index (χ0) is 21.4. The molecule has 5 nitrogen and oxygen atoms in total. The van der Waals surface area contributed by atoms with E-state index >= 15 is 0 Å². The number of carbonyl (C=O) groups excluding carboxylic acids is 1. The van der Waals surface area contributed by atoms with Gasteiger partial charge in [0.2, 0.25) is 5.91 Å². The first-order valence-electron chi connectivity index (χ1n) is 9.97. The molecule has 0 radical (unpaired) electrons. The first-order chi connectivity index (χ1) is 15.1. The Labute approximate surface area is 184 Å². The Morgan fingerprint density at radius 2 is 1.65 bits per heavy atom. The molecule has 5 rings (SSSR count). The fraction of sp³-hybridized carbons (Fsp3) is 0.0800. The van der Waals surface area contributed by atoms with Crippen molar-refractivity contribution in [2.24, 2.45) is 0 Å². The Kier molecular flexibility index (Phi) is 4.88. The average Bonchev–Trinajstić information content (AvgIpc) is 3.17. The number of nitrogens with zero attached hydrogens (tertiary/aromatic N) is 3. The molecule has 1 N–H and O–H groups in total. The maximum atomic E-state index is 12.5. The first kappa shape index (κ1) is 19.3. The van der Waals surface area contributed by atoms with Gasteiger partial charge in [-0.2, -0.15) is 0 Å². The van der Waals surface area contributed by atoms with Crippen LogP contribution in [-0.2, 0) is 11.2 Å². The van der Waals surface area contributed by atoms with Crippen LogP contribution >= 0.6 is 11.6 Å². The number of benzene rings is 4. The number of hydrogen-bond acceptors (Lipinski definition) is 3. The lowest BCUT2D eigenvalue weighted by Gasteiger charge is -2.08. The molecular formula is C25H19ClN4O. The number of hydrogen-bond donors (Lipinski definition) is 1. The first-order valence-corrected chi connectivity index (χ1v) is 10.3. The zero-order valence-corrected chi connectivity index (χ0v) is 17.6. The lowest BCUT2D eigenvalue weighted by Crippen LogP contribution is -2.15. The Morgan fingerprint density at radius 1 is 0.935 bits per heavy atom. The molecule has 0 spiro atoms. The summed E-state index contributed by atoms with van der Waals surface area (Å²) >= 11 is 5.92. The van der Waals surface area contributed by atoms with Gasteiger partial charge in [-0.05, 0) is 53.8 Å².